The van der Waals surface area contributed by atoms with Crippen LogP contribution >= 0.6 is 0 Å². The Balaban J connectivity index is 1.40. The van der Waals surface area contributed by atoms with E-state index >= 15 is 0 Å². The first kappa shape index (κ1) is 22.9. The number of hydrogen-bond donors (Lipinski definition) is 0. The Morgan fingerprint density at radius 3 is 2.47 bits per heavy atom. The Bertz CT molecular complexity index is 1010. The lowest BCUT2D eigenvalue weighted by atomic mass is 9.96. The van der Waals surface area contributed by atoms with Crippen LogP contribution in [0.3, 0.4) is 0 Å². The van der Waals surface area contributed by atoms with E-state index in [9.17, 15) is 13.2 Å². The molecule has 2 aliphatic rings. The van der Waals surface area contributed by atoms with Gasteiger partial charge < -0.3 is 4.90 Å². The molecule has 2 fully saturated rings. The summed E-state index contributed by atoms with van der Waals surface area (Å²) in [7, 11) is -1.95. The van der Waals surface area contributed by atoms with E-state index in [1.165, 1.54) is 16.8 Å². The van der Waals surface area contributed by atoms with E-state index in [0.29, 0.717) is 18.7 Å². The van der Waals surface area contributed by atoms with Crippen molar-refractivity contribution in [3.8, 4) is 0 Å². The minimum atomic E-state index is -3.62. The molecule has 4 rings (SSSR count). The topological polar surface area (TPSA) is 73.8 Å². The lowest BCUT2D eigenvalue weighted by Crippen LogP contribution is -2.48. The molecule has 0 atom stereocenters. The fourth-order valence-corrected chi connectivity index (χ4v) is 6.07. The molecule has 0 unspecified atom stereocenters. The first-order valence-corrected chi connectivity index (χ1v) is 12.9. The normalized spacial score (nSPS) is 18.8. The zero-order chi connectivity index (χ0) is 22.6. The zero-order valence-corrected chi connectivity index (χ0v) is 19.5. The minimum absolute atomic E-state index is 0.0419. The Hall–Kier alpha value is -2.29. The van der Waals surface area contributed by atoms with E-state index in [1.807, 2.05) is 23.1 Å². The highest BCUT2D eigenvalue weighted by Gasteiger charge is 2.30. The summed E-state index contributed by atoms with van der Waals surface area (Å²) in [6.07, 6.45) is 6.89. The van der Waals surface area contributed by atoms with Gasteiger partial charge in [0.15, 0.2) is 0 Å². The van der Waals surface area contributed by atoms with Crippen molar-refractivity contribution >= 4 is 15.9 Å². The first-order valence-electron chi connectivity index (χ1n) is 11.4. The Kier molecular flexibility index (Phi) is 7.23. The Morgan fingerprint density at radius 1 is 1.03 bits per heavy atom. The Labute approximate surface area is 191 Å². The predicted molar refractivity (Wildman–Crippen MR) is 124 cm³/mol. The summed E-state index contributed by atoms with van der Waals surface area (Å²) in [5.74, 6) is -0.111. The number of carbonyl (C=O) groups is 1. The molecule has 2 aromatic rings. The largest absolute Gasteiger partial charge is 0.336 e. The van der Waals surface area contributed by atoms with Crippen LogP contribution in [0.15, 0.2) is 53.6 Å². The highest BCUT2D eigenvalue weighted by Crippen LogP contribution is 2.27. The average molecular weight is 457 g/mol. The maximum Gasteiger partial charge on any atom is 0.253 e. The van der Waals surface area contributed by atoms with Crippen LogP contribution in [-0.2, 0) is 16.6 Å². The number of hydrogen-bond acceptors (Lipinski definition) is 5. The van der Waals surface area contributed by atoms with E-state index < -0.39 is 10.0 Å². The van der Waals surface area contributed by atoms with Gasteiger partial charge in [-0.15, -0.1) is 0 Å². The molecule has 1 aromatic carbocycles. The number of rotatable bonds is 6. The van der Waals surface area contributed by atoms with E-state index in [-0.39, 0.29) is 16.8 Å². The van der Waals surface area contributed by atoms with Crippen molar-refractivity contribution in [1.29, 1.82) is 0 Å². The van der Waals surface area contributed by atoms with E-state index in [4.69, 9.17) is 0 Å². The number of aromatic nitrogens is 1. The standard InChI is InChI=1S/C24H32N4O3S/c1-26(22-10-3-2-4-11-22)32(30,31)23-12-7-8-20(18-23)24(29)28-16-14-27(15-17-28)19-21-9-5-6-13-25-21/h5-9,12-13,18,22H,2-4,10-11,14-17,19H2,1H3. The lowest BCUT2D eigenvalue weighted by molar-refractivity contribution is 0.0627. The van der Waals surface area contributed by atoms with Crippen molar-refractivity contribution in [2.45, 2.75) is 49.6 Å². The molecule has 7 nitrogen and oxygen atoms in total. The summed E-state index contributed by atoms with van der Waals surface area (Å²) in [5, 5.41) is 0. The molecular weight excluding hydrogens is 424 g/mol. The average Bonchev–Trinajstić information content (AvgIpc) is 2.85. The molecule has 1 aromatic heterocycles. The van der Waals surface area contributed by atoms with Gasteiger partial charge in [0.1, 0.15) is 0 Å². The van der Waals surface area contributed by atoms with Crippen LogP contribution in [0, 0.1) is 0 Å². The van der Waals surface area contributed by atoms with Gasteiger partial charge in [-0.2, -0.15) is 4.31 Å². The maximum atomic E-state index is 13.2. The van der Waals surface area contributed by atoms with Crippen molar-refractivity contribution < 1.29 is 13.2 Å². The van der Waals surface area contributed by atoms with E-state index in [0.717, 1.165) is 51.0 Å². The molecule has 1 amide bonds. The van der Waals surface area contributed by atoms with Gasteiger partial charge in [-0.05, 0) is 43.2 Å². The molecule has 1 aliphatic heterocycles. The van der Waals surface area contributed by atoms with Gasteiger partial charge in [-0.3, -0.25) is 14.7 Å². The molecule has 1 aliphatic carbocycles. The maximum absolute atomic E-state index is 13.2. The van der Waals surface area contributed by atoms with Crippen LogP contribution in [-0.4, -0.2) is 72.7 Å². The SMILES string of the molecule is CN(C1CCCCC1)S(=O)(=O)c1cccc(C(=O)N2CCN(Cc3ccccn3)CC2)c1. The van der Waals surface area contributed by atoms with E-state index in [1.54, 1.807) is 31.4 Å². The van der Waals surface area contributed by atoms with Crippen LogP contribution in [0.4, 0.5) is 0 Å². The van der Waals surface area contributed by atoms with Crippen LogP contribution < -0.4 is 0 Å². The first-order chi connectivity index (χ1) is 15.4. The van der Waals surface area contributed by atoms with E-state index in [2.05, 4.69) is 9.88 Å². The summed E-state index contributed by atoms with van der Waals surface area (Å²) < 4.78 is 27.9. The molecule has 32 heavy (non-hydrogen) atoms. The monoisotopic (exact) mass is 456 g/mol. The molecular formula is C24H32N4O3S. The number of benzene rings is 1. The second-order valence-electron chi connectivity index (χ2n) is 8.73. The molecule has 1 saturated carbocycles. The van der Waals surface area contributed by atoms with Crippen molar-refractivity contribution in [2.75, 3.05) is 33.2 Å². The third kappa shape index (κ3) is 5.19. The van der Waals surface area contributed by atoms with Crippen molar-refractivity contribution in [2.24, 2.45) is 0 Å². The number of pyridine rings is 1. The zero-order valence-electron chi connectivity index (χ0n) is 18.7. The van der Waals surface area contributed by atoms with Crippen molar-refractivity contribution in [3.63, 3.8) is 0 Å². The molecule has 8 heteroatoms. The molecule has 0 radical (unpaired) electrons. The van der Waals surface area contributed by atoms with Crippen LogP contribution in [0.1, 0.15) is 48.2 Å². The number of amides is 1. The molecule has 2 heterocycles. The highest BCUT2D eigenvalue weighted by atomic mass is 32.2. The second kappa shape index (κ2) is 10.1. The summed E-state index contributed by atoms with van der Waals surface area (Å²) >= 11 is 0. The highest BCUT2D eigenvalue weighted by molar-refractivity contribution is 7.89. The van der Waals surface area contributed by atoms with Crippen LogP contribution in [0.5, 0.6) is 0 Å². The molecule has 1 saturated heterocycles. The van der Waals surface area contributed by atoms with Crippen LogP contribution in [0.25, 0.3) is 0 Å². The number of piperazine rings is 1. The third-order valence-electron chi connectivity index (χ3n) is 6.62. The number of sulfonamides is 1. The minimum Gasteiger partial charge on any atom is -0.336 e. The lowest BCUT2D eigenvalue weighted by Gasteiger charge is -2.34. The molecule has 0 bridgehead atoms. The summed E-state index contributed by atoms with van der Waals surface area (Å²) in [6, 6.07) is 12.5. The smallest absolute Gasteiger partial charge is 0.253 e. The van der Waals surface area contributed by atoms with Gasteiger partial charge in [0.25, 0.3) is 5.91 Å². The molecule has 172 valence electrons. The van der Waals surface area contributed by atoms with Crippen molar-refractivity contribution in [3.05, 3.63) is 59.9 Å². The quantitative estimate of drug-likeness (QED) is 0.668. The third-order valence-corrected chi connectivity index (χ3v) is 8.52. The fourth-order valence-electron chi connectivity index (χ4n) is 4.61. The molecule has 0 N–H and O–H groups in total. The predicted octanol–water partition coefficient (Wildman–Crippen LogP) is 2.99. The fraction of sp³-hybridized carbons (Fsp3) is 0.500. The van der Waals surface area contributed by atoms with Gasteiger partial charge in [0.05, 0.1) is 10.6 Å². The summed E-state index contributed by atoms with van der Waals surface area (Å²) in [5.41, 5.74) is 1.45. The van der Waals surface area contributed by atoms with Gasteiger partial charge in [-0.25, -0.2) is 8.42 Å². The van der Waals surface area contributed by atoms with Crippen LogP contribution in [0.2, 0.25) is 0 Å². The van der Waals surface area contributed by atoms with Gasteiger partial charge in [0.2, 0.25) is 10.0 Å². The summed E-state index contributed by atoms with van der Waals surface area (Å²) in [4.78, 5) is 21.8. The van der Waals surface area contributed by atoms with Crippen molar-refractivity contribution in [1.82, 2.24) is 19.1 Å². The van der Waals surface area contributed by atoms with Gasteiger partial charge >= 0.3 is 0 Å². The molecule has 0 spiro atoms. The van der Waals surface area contributed by atoms with Gasteiger partial charge in [-0.1, -0.05) is 31.4 Å². The Morgan fingerprint density at radius 2 is 1.78 bits per heavy atom. The number of nitrogens with zero attached hydrogens (tertiary/aromatic N) is 4. The summed E-state index contributed by atoms with van der Waals surface area (Å²) in [6.45, 7) is 3.54. The number of carbonyl (C=O) groups excluding carboxylic acids is 1. The second-order valence-corrected chi connectivity index (χ2v) is 10.7. The van der Waals surface area contributed by atoms with Gasteiger partial charge in [0, 0.05) is 57.6 Å².